The number of hydrogen-bond donors (Lipinski definition) is 0. The quantitative estimate of drug-likeness (QED) is 0.509. The van der Waals surface area contributed by atoms with Gasteiger partial charge >= 0.3 is 0 Å². The first-order valence-electron chi connectivity index (χ1n) is 19.4. The van der Waals surface area contributed by atoms with Gasteiger partial charge in [0.2, 0.25) is 6.75 Å². The van der Waals surface area contributed by atoms with Crippen LogP contribution in [-0.2, 0) is 11.1 Å². The van der Waals surface area contributed by atoms with E-state index in [0.29, 0.717) is 0 Å². The molecule has 0 N–H and O–H groups in total. The highest BCUT2D eigenvalue weighted by molar-refractivity contribution is 5.44. The highest BCUT2D eigenvalue weighted by atomic mass is 16.7. The van der Waals surface area contributed by atoms with Crippen LogP contribution in [0, 0.1) is 0 Å². The summed E-state index contributed by atoms with van der Waals surface area (Å²) in [6.45, 7) is -6.75. The monoisotopic (exact) mass is 435 g/mol. The highest BCUT2D eigenvalue weighted by Gasteiger charge is 2.25. The summed E-state index contributed by atoms with van der Waals surface area (Å²) < 4.78 is 184. The molecule has 3 aromatic rings. The molecule has 4 nitrogen and oxygen atoms in total. The molecule has 0 saturated carbocycles. The maximum Gasteiger partial charge on any atom is 0.231 e. The van der Waals surface area contributed by atoms with E-state index in [9.17, 15) is 1.37 Å². The van der Waals surface area contributed by atoms with Crippen molar-refractivity contribution in [2.75, 3.05) is 26.3 Å². The average molecular weight is 436 g/mol. The number of likely N-dealkylation sites (tertiary alicyclic amines) is 1. The molecule has 0 aromatic heterocycles. The zero-order valence-electron chi connectivity index (χ0n) is 36.1. The van der Waals surface area contributed by atoms with Crippen LogP contribution >= 0.6 is 0 Å². The molecule has 0 amide bonds. The van der Waals surface area contributed by atoms with Crippen LogP contribution in [0.4, 0.5) is 0 Å². The summed E-state index contributed by atoms with van der Waals surface area (Å²) in [6.07, 6.45) is -7.75. The van der Waals surface area contributed by atoms with Crippen LogP contribution in [0.2, 0.25) is 0 Å². The number of fused-ring (bicyclic) bond motifs is 1. The lowest BCUT2D eigenvalue weighted by atomic mass is 10.00. The summed E-state index contributed by atoms with van der Waals surface area (Å²) in [4.78, 5) is 0.901. The molecule has 0 unspecified atom stereocenters. The Labute approximate surface area is 212 Å². The molecular formula is C27H29NO3. The minimum atomic E-state index is -3.29. The third-order valence-electron chi connectivity index (χ3n) is 4.49. The number of benzene rings is 3. The van der Waals surface area contributed by atoms with Crippen molar-refractivity contribution in [3.05, 3.63) is 95.2 Å². The first-order valence-corrected chi connectivity index (χ1v) is 9.43. The molecule has 0 radical (unpaired) electrons. The minimum absolute atomic E-state index is 0.0170. The van der Waals surface area contributed by atoms with Crippen LogP contribution in [0.15, 0.2) is 78.6 Å². The van der Waals surface area contributed by atoms with E-state index in [1.165, 1.54) is 0 Å². The number of piperidine rings is 1. The molecule has 160 valence electrons. The fourth-order valence-corrected chi connectivity index (χ4v) is 3.10. The van der Waals surface area contributed by atoms with Gasteiger partial charge in [-0.25, -0.2) is 0 Å². The molecule has 1 fully saturated rings. The first kappa shape index (κ1) is 7.65. The van der Waals surface area contributed by atoms with Gasteiger partial charge in [0.25, 0.3) is 0 Å². The molecule has 1 saturated heterocycles. The van der Waals surface area contributed by atoms with Crippen molar-refractivity contribution in [1.29, 1.82) is 0 Å². The Bertz CT molecular complexity index is 1820. The van der Waals surface area contributed by atoms with E-state index < -0.39 is 145 Å². The van der Waals surface area contributed by atoms with E-state index in [0.717, 1.165) is 4.90 Å². The standard InChI is InChI=1S/C27H29NO3/c1-3-8-22(9-4-1)27(23-10-5-2-6-11-23)31-24-12-7-16-28(19-24)17-15-21-13-14-25-26(18-21)30-20-29-25/h1-6,8-11,13-14,18,24,27H,7,12,15-17,19-20H2/t24-/m1/s1/i1D,2D,3D,4D,5D,6D,8D,9D,10D,11D,13D,14D,15D2,17D2,18D,20D2,27D. The van der Waals surface area contributed by atoms with Gasteiger partial charge in [0, 0.05) is 18.5 Å². The second-order valence-corrected chi connectivity index (χ2v) is 6.59. The summed E-state index contributed by atoms with van der Waals surface area (Å²) >= 11 is 0. The van der Waals surface area contributed by atoms with Gasteiger partial charge in [-0.1, -0.05) is 66.5 Å². The third kappa shape index (κ3) is 4.92. The SMILES string of the molecule is [2H]c1c([2H])c([2H])c(C([2H])(O[C@@H]2CCCN(C([2H])([2H])C([2H])([2H])c3c([2H])c([2H])c4c(c3[2H])OC([2H])([2H])O4)C2)c2c([2H])c([2H])c([2H])c([2H])c2[2H])c([2H])c1[2H]. The predicted octanol–water partition coefficient (Wildman–Crippen LogP) is 5.23. The van der Waals surface area contributed by atoms with Crippen molar-refractivity contribution in [3.8, 4) is 11.5 Å². The summed E-state index contributed by atoms with van der Waals surface area (Å²) in [5.41, 5.74) is -2.72. The summed E-state index contributed by atoms with van der Waals surface area (Å²) in [5, 5.41) is 0. The van der Waals surface area contributed by atoms with E-state index in [4.69, 9.17) is 40.3 Å². The third-order valence-corrected chi connectivity index (χ3v) is 4.49. The fraction of sp³-hybridized carbons (Fsp3) is 0.333. The maximum atomic E-state index is 9.52. The molecular weight excluding hydrogens is 386 g/mol. The number of ether oxygens (including phenoxy) is 3. The van der Waals surface area contributed by atoms with Crippen molar-refractivity contribution in [1.82, 2.24) is 4.90 Å². The number of rotatable bonds is 7. The van der Waals surface area contributed by atoms with Gasteiger partial charge < -0.3 is 19.1 Å². The molecule has 3 aromatic carbocycles. The van der Waals surface area contributed by atoms with Gasteiger partial charge in [-0.2, -0.15) is 0 Å². The summed E-state index contributed by atoms with van der Waals surface area (Å²) in [5.74, 6) is -1.33. The Morgan fingerprint density at radius 3 is 2.48 bits per heavy atom. The van der Waals surface area contributed by atoms with E-state index in [2.05, 4.69) is 0 Å². The van der Waals surface area contributed by atoms with Crippen LogP contribution in [-0.4, -0.2) is 37.3 Å². The predicted molar refractivity (Wildman–Crippen MR) is 122 cm³/mol. The van der Waals surface area contributed by atoms with Gasteiger partial charge in [0.05, 0.1) is 25.3 Å². The van der Waals surface area contributed by atoms with Crippen molar-refractivity contribution in [3.63, 3.8) is 0 Å². The Morgan fingerprint density at radius 2 is 1.74 bits per heavy atom. The fourth-order valence-electron chi connectivity index (χ4n) is 3.10. The second-order valence-electron chi connectivity index (χ2n) is 6.59. The Balaban J connectivity index is 1.62. The normalized spacial score (nSPS) is 30.5. The lowest BCUT2D eigenvalue weighted by Crippen LogP contribution is -2.41. The van der Waals surface area contributed by atoms with Crippen molar-refractivity contribution >= 4 is 0 Å². The van der Waals surface area contributed by atoms with E-state index in [1.54, 1.807) is 0 Å². The van der Waals surface area contributed by atoms with Crippen LogP contribution in [0.3, 0.4) is 0 Å². The van der Waals surface area contributed by atoms with Gasteiger partial charge in [0.1, 0.15) is 8.82 Å². The van der Waals surface area contributed by atoms with Gasteiger partial charge in [-0.15, -0.1) is 0 Å². The molecule has 4 heteroatoms. The zero-order chi connectivity index (χ0) is 38.5. The maximum absolute atomic E-state index is 9.52. The lowest BCUT2D eigenvalue weighted by Gasteiger charge is -2.35. The number of nitrogens with zero attached hydrogens (tertiary/aromatic N) is 1. The van der Waals surface area contributed by atoms with Crippen molar-refractivity contribution in [2.24, 2.45) is 0 Å². The molecule has 5 rings (SSSR count). The van der Waals surface area contributed by atoms with E-state index in [1.807, 2.05) is 0 Å². The average Bonchev–Trinajstić information content (AvgIpc) is 3.39. The smallest absolute Gasteiger partial charge is 0.231 e. The summed E-state index contributed by atoms with van der Waals surface area (Å²) in [7, 11) is 0. The van der Waals surface area contributed by atoms with Crippen LogP contribution < -0.4 is 9.47 Å². The van der Waals surface area contributed by atoms with Gasteiger partial charge in [-0.05, 0) is 54.5 Å². The van der Waals surface area contributed by atoms with Crippen LogP contribution in [0.1, 0.15) is 63.0 Å². The highest BCUT2D eigenvalue weighted by Crippen LogP contribution is 2.33. The Hall–Kier alpha value is -2.82. The molecule has 2 aliphatic heterocycles. The molecule has 1 atom stereocenters. The zero-order valence-corrected chi connectivity index (χ0v) is 16.1. The van der Waals surface area contributed by atoms with Crippen LogP contribution in [0.25, 0.3) is 0 Å². The lowest BCUT2D eigenvalue weighted by molar-refractivity contribution is -0.0330. The van der Waals surface area contributed by atoms with Gasteiger partial charge in [-0.3, -0.25) is 0 Å². The molecule has 2 aliphatic rings. The largest absolute Gasteiger partial charge is 0.454 e. The van der Waals surface area contributed by atoms with Crippen molar-refractivity contribution < 1.29 is 41.6 Å². The first-order chi connectivity index (χ1) is 23.3. The second kappa shape index (κ2) is 9.54. The van der Waals surface area contributed by atoms with Crippen LogP contribution in [0.5, 0.6) is 11.5 Å². The molecule has 0 bridgehead atoms. The van der Waals surface area contributed by atoms with Gasteiger partial charge in [0.15, 0.2) is 11.5 Å². The molecule has 2 heterocycles. The molecule has 0 spiro atoms. The molecule has 31 heavy (non-hydrogen) atoms. The Morgan fingerprint density at radius 1 is 1.03 bits per heavy atom. The Kier molecular flexibility index (Phi) is 2.35. The van der Waals surface area contributed by atoms with E-state index in [-0.39, 0.29) is 19.4 Å². The van der Waals surface area contributed by atoms with E-state index >= 15 is 0 Å². The minimum Gasteiger partial charge on any atom is -0.454 e. The molecule has 0 aliphatic carbocycles. The topological polar surface area (TPSA) is 30.9 Å². The number of hydrogen-bond acceptors (Lipinski definition) is 4. The van der Waals surface area contributed by atoms with Crippen molar-refractivity contribution in [2.45, 2.75) is 31.4 Å². The summed E-state index contributed by atoms with van der Waals surface area (Å²) in [6, 6.07) is -11.9.